The summed E-state index contributed by atoms with van der Waals surface area (Å²) < 4.78 is 78.1. The molecule has 0 amide bonds. The van der Waals surface area contributed by atoms with Crippen LogP contribution in [0.25, 0.3) is 0 Å². The third kappa shape index (κ3) is 6.14. The zero-order valence-corrected chi connectivity index (χ0v) is 29.8. The highest BCUT2D eigenvalue weighted by Gasteiger charge is 2.61. The van der Waals surface area contributed by atoms with Crippen LogP contribution in [0.4, 0.5) is 4.39 Å². The smallest absolute Gasteiger partial charge is 0.353 e. The molecule has 2 fully saturated rings. The lowest BCUT2D eigenvalue weighted by molar-refractivity contribution is -0.0562. The Morgan fingerprint density at radius 2 is 1.59 bits per heavy atom. The van der Waals surface area contributed by atoms with Crippen molar-refractivity contribution < 1.29 is 35.2 Å². The van der Waals surface area contributed by atoms with E-state index in [9.17, 15) is 13.2 Å². The van der Waals surface area contributed by atoms with Gasteiger partial charge in [-0.15, -0.1) is 0 Å². The minimum Gasteiger partial charge on any atom is -0.478 e. The van der Waals surface area contributed by atoms with Crippen molar-refractivity contribution >= 4 is 27.0 Å². The van der Waals surface area contributed by atoms with E-state index in [0.29, 0.717) is 0 Å². The molecule has 2 saturated heterocycles. The lowest BCUT2D eigenvalue weighted by Gasteiger charge is -2.51. The van der Waals surface area contributed by atoms with Crippen LogP contribution >= 0.6 is 0 Å². The Morgan fingerprint density at radius 3 is 2.11 bits per heavy atom. The molecule has 0 N–H and O–H groups in total. The zero-order valence-electron chi connectivity index (χ0n) is 26.9. The summed E-state index contributed by atoms with van der Waals surface area (Å²) in [5, 5.41) is -1.44. The number of fused-ring (bicyclic) bond motifs is 1. The fraction of sp³-hybridized carbons (Fsp3) is 0.600. The molecule has 0 unspecified atom stereocenters. The molecule has 0 bridgehead atoms. The predicted octanol–water partition coefficient (Wildman–Crippen LogP) is 6.15. The molecule has 0 saturated carbocycles. The van der Waals surface area contributed by atoms with E-state index in [2.05, 4.69) is 32.7 Å². The van der Waals surface area contributed by atoms with E-state index < -0.39 is 56.2 Å². The summed E-state index contributed by atoms with van der Waals surface area (Å²) in [5.74, 6) is 0.0874. The Hall–Kier alpha value is -2.21. The van der Waals surface area contributed by atoms with Crippen LogP contribution in [0, 0.1) is 0 Å². The van der Waals surface area contributed by atoms with Crippen LogP contribution in [-0.4, -0.2) is 60.5 Å². The van der Waals surface area contributed by atoms with Gasteiger partial charge in [-0.3, -0.25) is 4.57 Å². The molecular formula is C30H45FN2O8SSi2. The van der Waals surface area contributed by atoms with E-state index >= 15 is 4.39 Å². The fourth-order valence-corrected chi connectivity index (χ4v) is 18.5. The van der Waals surface area contributed by atoms with Gasteiger partial charge in [0, 0.05) is 12.3 Å². The normalized spacial score (nSPS) is 24.8. The number of hydrogen-bond acceptors (Lipinski definition) is 9. The van der Waals surface area contributed by atoms with E-state index in [1.165, 1.54) is 36.5 Å². The lowest BCUT2D eigenvalue weighted by Crippen LogP contribution is -2.65. The largest absolute Gasteiger partial charge is 0.478 e. The maximum absolute atomic E-state index is 16.8. The van der Waals surface area contributed by atoms with Crippen molar-refractivity contribution in [1.29, 1.82) is 0 Å². The van der Waals surface area contributed by atoms with Crippen LogP contribution in [0.2, 0.25) is 22.2 Å². The highest BCUT2D eigenvalue weighted by atomic mass is 32.2. The molecule has 3 atom stereocenters. The quantitative estimate of drug-likeness (QED) is 0.290. The van der Waals surface area contributed by atoms with Crippen molar-refractivity contribution in [3.8, 4) is 5.88 Å². The standard InChI is InChI=1S/C30H45FN2O8SSi2/c1-10-37-25-16-17-33(30(34)32-25)29-26(28(31)42(35,36)23-14-12-11-13-15-23)27-24(39-29)18-38-43(19(2)3,20(4)5)41-44(40-27,21(6)7)22(8)9/h11-17,19-22,24,27,29H,10,18H2,1-9H3/b28-26-/t24-,27-,29+/m1/s1. The van der Waals surface area contributed by atoms with Crippen LogP contribution in [0.1, 0.15) is 68.5 Å². The van der Waals surface area contributed by atoms with Crippen molar-refractivity contribution in [2.45, 2.75) is 108 Å². The molecule has 0 radical (unpaired) electrons. The topological polar surface area (TPSA) is 115 Å². The molecule has 2 aliphatic heterocycles. The second-order valence-corrected chi connectivity index (χ2v) is 23.2. The molecule has 14 heteroatoms. The minimum absolute atomic E-state index is 0.0359. The number of nitrogens with zero attached hydrogens (tertiary/aromatic N) is 2. The predicted molar refractivity (Wildman–Crippen MR) is 169 cm³/mol. The Kier molecular flexibility index (Phi) is 10.4. The maximum atomic E-state index is 16.8. The van der Waals surface area contributed by atoms with E-state index in [4.69, 9.17) is 22.4 Å². The molecule has 2 aliphatic rings. The van der Waals surface area contributed by atoms with Crippen molar-refractivity contribution in [3.05, 3.63) is 63.8 Å². The average molecular weight is 669 g/mol. The first-order valence-corrected chi connectivity index (χ1v) is 20.6. The van der Waals surface area contributed by atoms with Gasteiger partial charge in [0.05, 0.1) is 23.7 Å². The first-order valence-electron chi connectivity index (χ1n) is 15.2. The van der Waals surface area contributed by atoms with Crippen molar-refractivity contribution in [2.24, 2.45) is 0 Å². The van der Waals surface area contributed by atoms with Crippen LogP contribution in [-0.2, 0) is 27.5 Å². The van der Waals surface area contributed by atoms with E-state index in [-0.39, 0.29) is 51.7 Å². The van der Waals surface area contributed by atoms with Crippen LogP contribution in [0.5, 0.6) is 5.88 Å². The molecule has 1 aromatic heterocycles. The minimum atomic E-state index is -4.66. The number of aromatic nitrogens is 2. The number of benzene rings is 1. The second-order valence-electron chi connectivity index (χ2n) is 12.5. The summed E-state index contributed by atoms with van der Waals surface area (Å²) in [6.45, 7) is 18.4. The van der Waals surface area contributed by atoms with Crippen molar-refractivity contribution in [3.63, 3.8) is 0 Å². The van der Waals surface area contributed by atoms with E-state index in [1.807, 2.05) is 27.7 Å². The third-order valence-corrected chi connectivity index (χ3v) is 20.2. The number of halogens is 1. The Labute approximate surface area is 262 Å². The first kappa shape index (κ1) is 34.7. The highest BCUT2D eigenvalue weighted by Crippen LogP contribution is 2.50. The summed E-state index contributed by atoms with van der Waals surface area (Å²) in [5.41, 5.74) is -1.24. The van der Waals surface area contributed by atoms with Gasteiger partial charge in [-0.2, -0.15) is 9.37 Å². The van der Waals surface area contributed by atoms with Gasteiger partial charge < -0.3 is 22.4 Å². The molecule has 1 aromatic carbocycles. The summed E-state index contributed by atoms with van der Waals surface area (Å²) in [6, 6.07) is 8.77. The zero-order chi connectivity index (χ0) is 32.6. The van der Waals surface area contributed by atoms with E-state index in [0.717, 1.165) is 4.57 Å². The van der Waals surface area contributed by atoms with Gasteiger partial charge >= 0.3 is 22.8 Å². The van der Waals surface area contributed by atoms with Gasteiger partial charge in [0.2, 0.25) is 20.9 Å². The second kappa shape index (κ2) is 13.3. The number of sulfone groups is 1. The van der Waals surface area contributed by atoms with E-state index in [1.54, 1.807) is 13.0 Å². The number of hydrogen-bond donors (Lipinski definition) is 0. The Balaban J connectivity index is 1.99. The molecule has 44 heavy (non-hydrogen) atoms. The summed E-state index contributed by atoms with van der Waals surface area (Å²) in [7, 11) is -11.0. The molecule has 4 rings (SSSR count). The Morgan fingerprint density at radius 1 is 1.00 bits per heavy atom. The average Bonchev–Trinajstić information content (AvgIpc) is 3.29. The fourth-order valence-electron chi connectivity index (χ4n) is 6.13. The third-order valence-electron chi connectivity index (χ3n) is 8.40. The molecule has 2 aromatic rings. The maximum Gasteiger partial charge on any atom is 0.353 e. The van der Waals surface area contributed by atoms with Crippen LogP contribution in [0.3, 0.4) is 0 Å². The van der Waals surface area contributed by atoms with Gasteiger partial charge in [0.25, 0.3) is 0 Å². The lowest BCUT2D eigenvalue weighted by atomic mass is 10.1. The monoisotopic (exact) mass is 668 g/mol. The number of rotatable bonds is 9. The van der Waals surface area contributed by atoms with Gasteiger partial charge in [0.1, 0.15) is 12.2 Å². The van der Waals surface area contributed by atoms with Gasteiger partial charge in [-0.25, -0.2) is 13.2 Å². The van der Waals surface area contributed by atoms with Crippen LogP contribution in [0.15, 0.2) is 63.0 Å². The molecule has 10 nitrogen and oxygen atoms in total. The Bertz CT molecular complexity index is 1500. The van der Waals surface area contributed by atoms with Gasteiger partial charge in [0.15, 0.2) is 6.23 Å². The molecular weight excluding hydrogens is 624 g/mol. The molecule has 0 aliphatic carbocycles. The van der Waals surface area contributed by atoms with Crippen molar-refractivity contribution in [2.75, 3.05) is 13.2 Å². The number of ether oxygens (including phenoxy) is 2. The van der Waals surface area contributed by atoms with Crippen molar-refractivity contribution in [1.82, 2.24) is 9.55 Å². The van der Waals surface area contributed by atoms with Crippen LogP contribution < -0.4 is 10.4 Å². The molecule has 244 valence electrons. The summed E-state index contributed by atoms with van der Waals surface area (Å²) in [4.78, 5) is 17.0. The molecule has 0 spiro atoms. The summed E-state index contributed by atoms with van der Waals surface area (Å²) in [6.07, 6.45) is -2.25. The SMILES string of the molecule is CCOc1ccn([C@H]2O[C@@H]3CO[Si](C(C)C)(C(C)C)O[Si](C(C)C)(C(C)C)O[C@H]3/C2=C(\F)S(=O)(=O)c2ccccc2)c(=O)n1. The highest BCUT2D eigenvalue weighted by molar-refractivity contribution is 7.95. The van der Waals surface area contributed by atoms with Gasteiger partial charge in [-0.05, 0) is 41.2 Å². The van der Waals surface area contributed by atoms with Gasteiger partial charge in [-0.1, -0.05) is 73.6 Å². The summed E-state index contributed by atoms with van der Waals surface area (Å²) >= 11 is 0. The molecule has 3 heterocycles. The first-order chi connectivity index (χ1) is 20.6.